The van der Waals surface area contributed by atoms with Crippen molar-refractivity contribution in [2.24, 2.45) is 13.0 Å². The second-order valence-corrected chi connectivity index (χ2v) is 5.77. The quantitative estimate of drug-likeness (QED) is 0.892. The molecule has 0 bridgehead atoms. The zero-order valence-electron chi connectivity index (χ0n) is 13.5. The standard InChI is InChI=1S/C17H23N3O2/c1-12(2)10-15(21)19-16(17-18-8-9-20(17)3)13-6-5-7-14(11-13)22-4/h5-9,11-12,16H,10H2,1-4H3,(H,19,21). The Kier molecular flexibility index (Phi) is 5.20. The molecule has 5 nitrogen and oxygen atoms in total. The van der Waals surface area contributed by atoms with Crippen LogP contribution in [-0.4, -0.2) is 22.6 Å². The Morgan fingerprint density at radius 3 is 2.77 bits per heavy atom. The number of nitrogens with zero attached hydrogens (tertiary/aromatic N) is 2. The number of benzene rings is 1. The van der Waals surface area contributed by atoms with Gasteiger partial charge in [0, 0.05) is 25.9 Å². The Morgan fingerprint density at radius 1 is 1.41 bits per heavy atom. The lowest BCUT2D eigenvalue weighted by Gasteiger charge is -2.20. The van der Waals surface area contributed by atoms with E-state index in [4.69, 9.17) is 4.74 Å². The largest absolute Gasteiger partial charge is 0.497 e. The number of amides is 1. The first kappa shape index (κ1) is 16.1. The number of carbonyl (C=O) groups excluding carboxylic acids is 1. The molecule has 1 atom stereocenters. The molecule has 118 valence electrons. The minimum absolute atomic E-state index is 0.0193. The van der Waals surface area contributed by atoms with Gasteiger partial charge in [0.25, 0.3) is 0 Å². The predicted octanol–water partition coefficient (Wildman–Crippen LogP) is 2.68. The number of imidazole rings is 1. The first-order valence-corrected chi connectivity index (χ1v) is 7.41. The van der Waals surface area contributed by atoms with Crippen LogP contribution in [0, 0.1) is 5.92 Å². The van der Waals surface area contributed by atoms with Crippen LogP contribution in [0.15, 0.2) is 36.7 Å². The molecule has 0 fully saturated rings. The van der Waals surface area contributed by atoms with Gasteiger partial charge in [0.2, 0.25) is 5.91 Å². The van der Waals surface area contributed by atoms with E-state index >= 15 is 0 Å². The van der Waals surface area contributed by atoms with Gasteiger partial charge in [-0.15, -0.1) is 0 Å². The van der Waals surface area contributed by atoms with Gasteiger partial charge in [-0.05, 0) is 23.6 Å². The Labute approximate surface area is 131 Å². The van der Waals surface area contributed by atoms with E-state index in [1.165, 1.54) is 0 Å². The summed E-state index contributed by atoms with van der Waals surface area (Å²) >= 11 is 0. The number of methoxy groups -OCH3 is 1. The van der Waals surface area contributed by atoms with Crippen molar-refractivity contribution in [1.82, 2.24) is 14.9 Å². The van der Waals surface area contributed by atoms with Crippen LogP contribution in [-0.2, 0) is 11.8 Å². The Morgan fingerprint density at radius 2 is 2.18 bits per heavy atom. The lowest BCUT2D eigenvalue weighted by atomic mass is 10.0. The lowest BCUT2D eigenvalue weighted by molar-refractivity contribution is -0.122. The Balaban J connectivity index is 2.33. The number of hydrogen-bond donors (Lipinski definition) is 1. The van der Waals surface area contributed by atoms with Gasteiger partial charge in [-0.25, -0.2) is 4.98 Å². The number of ether oxygens (including phenoxy) is 1. The predicted molar refractivity (Wildman–Crippen MR) is 85.6 cm³/mol. The Bertz CT molecular complexity index is 634. The number of aromatic nitrogens is 2. The van der Waals surface area contributed by atoms with Crippen molar-refractivity contribution in [2.45, 2.75) is 26.3 Å². The average molecular weight is 301 g/mol. The van der Waals surface area contributed by atoms with Gasteiger partial charge in [0.05, 0.1) is 7.11 Å². The smallest absolute Gasteiger partial charge is 0.221 e. The maximum Gasteiger partial charge on any atom is 0.221 e. The van der Waals surface area contributed by atoms with Crippen molar-refractivity contribution in [3.05, 3.63) is 48.0 Å². The van der Waals surface area contributed by atoms with E-state index in [0.717, 1.165) is 17.1 Å². The van der Waals surface area contributed by atoms with Crippen LogP contribution in [0.2, 0.25) is 0 Å². The van der Waals surface area contributed by atoms with Crippen molar-refractivity contribution in [3.8, 4) is 5.75 Å². The number of nitrogens with one attached hydrogen (secondary N) is 1. The monoisotopic (exact) mass is 301 g/mol. The van der Waals surface area contributed by atoms with Crippen molar-refractivity contribution < 1.29 is 9.53 Å². The van der Waals surface area contributed by atoms with Crippen LogP contribution >= 0.6 is 0 Å². The van der Waals surface area contributed by atoms with Gasteiger partial charge >= 0.3 is 0 Å². The SMILES string of the molecule is COc1cccc(C(NC(=O)CC(C)C)c2nccn2C)c1. The maximum absolute atomic E-state index is 12.2. The van der Waals surface area contributed by atoms with Gasteiger partial charge in [-0.1, -0.05) is 26.0 Å². The summed E-state index contributed by atoms with van der Waals surface area (Å²) in [5, 5.41) is 3.08. The third-order valence-corrected chi connectivity index (χ3v) is 3.44. The molecule has 0 aliphatic carbocycles. The van der Waals surface area contributed by atoms with Crippen LogP contribution in [0.5, 0.6) is 5.75 Å². The summed E-state index contributed by atoms with van der Waals surface area (Å²) in [6, 6.07) is 7.40. The molecular weight excluding hydrogens is 278 g/mol. The van der Waals surface area contributed by atoms with Crippen molar-refractivity contribution >= 4 is 5.91 Å². The Hall–Kier alpha value is -2.30. The topological polar surface area (TPSA) is 56.1 Å². The molecule has 2 aromatic rings. The molecule has 5 heteroatoms. The molecule has 2 rings (SSSR count). The molecular formula is C17H23N3O2. The van der Waals surface area contributed by atoms with Crippen LogP contribution in [0.1, 0.15) is 37.7 Å². The highest BCUT2D eigenvalue weighted by Gasteiger charge is 2.21. The van der Waals surface area contributed by atoms with Gasteiger partial charge in [0.15, 0.2) is 0 Å². The highest BCUT2D eigenvalue weighted by Crippen LogP contribution is 2.24. The second kappa shape index (κ2) is 7.11. The average Bonchev–Trinajstić information content (AvgIpc) is 2.90. The minimum Gasteiger partial charge on any atom is -0.497 e. The highest BCUT2D eigenvalue weighted by molar-refractivity contribution is 5.77. The summed E-state index contributed by atoms with van der Waals surface area (Å²) in [7, 11) is 3.55. The summed E-state index contributed by atoms with van der Waals surface area (Å²) in [5.74, 6) is 1.89. The van der Waals surface area contributed by atoms with Gasteiger partial charge < -0.3 is 14.6 Å². The first-order valence-electron chi connectivity index (χ1n) is 7.41. The zero-order chi connectivity index (χ0) is 16.1. The highest BCUT2D eigenvalue weighted by atomic mass is 16.5. The molecule has 1 unspecified atom stereocenters. The van der Waals surface area contributed by atoms with E-state index in [0.29, 0.717) is 12.3 Å². The van der Waals surface area contributed by atoms with E-state index in [-0.39, 0.29) is 11.9 Å². The molecule has 0 spiro atoms. The molecule has 1 heterocycles. The van der Waals surface area contributed by atoms with E-state index in [1.54, 1.807) is 13.3 Å². The van der Waals surface area contributed by atoms with Crippen molar-refractivity contribution in [1.29, 1.82) is 0 Å². The van der Waals surface area contributed by atoms with Crippen molar-refractivity contribution in [3.63, 3.8) is 0 Å². The van der Waals surface area contributed by atoms with E-state index in [1.807, 2.05) is 55.9 Å². The molecule has 0 aliphatic heterocycles. The second-order valence-electron chi connectivity index (χ2n) is 5.77. The molecule has 1 aromatic heterocycles. The van der Waals surface area contributed by atoms with Crippen LogP contribution in [0.3, 0.4) is 0 Å². The third-order valence-electron chi connectivity index (χ3n) is 3.44. The molecule has 22 heavy (non-hydrogen) atoms. The lowest BCUT2D eigenvalue weighted by Crippen LogP contribution is -2.31. The summed E-state index contributed by atoms with van der Waals surface area (Å²) in [4.78, 5) is 16.6. The molecule has 0 saturated carbocycles. The fourth-order valence-corrected chi connectivity index (χ4v) is 2.36. The molecule has 1 N–H and O–H groups in total. The number of rotatable bonds is 6. The molecule has 1 amide bonds. The summed E-state index contributed by atoms with van der Waals surface area (Å²) in [5.41, 5.74) is 0.950. The number of hydrogen-bond acceptors (Lipinski definition) is 3. The minimum atomic E-state index is -0.290. The zero-order valence-corrected chi connectivity index (χ0v) is 13.5. The van der Waals surface area contributed by atoms with Crippen LogP contribution in [0.4, 0.5) is 0 Å². The van der Waals surface area contributed by atoms with E-state index in [9.17, 15) is 4.79 Å². The fourth-order valence-electron chi connectivity index (χ4n) is 2.36. The van der Waals surface area contributed by atoms with Gasteiger partial charge in [0.1, 0.15) is 17.6 Å². The normalized spacial score (nSPS) is 12.2. The maximum atomic E-state index is 12.2. The summed E-state index contributed by atoms with van der Waals surface area (Å²) in [6.45, 7) is 4.06. The fraction of sp³-hybridized carbons (Fsp3) is 0.412. The van der Waals surface area contributed by atoms with Crippen LogP contribution < -0.4 is 10.1 Å². The van der Waals surface area contributed by atoms with Gasteiger partial charge in [-0.2, -0.15) is 0 Å². The summed E-state index contributed by atoms with van der Waals surface area (Å²) < 4.78 is 7.20. The molecule has 0 radical (unpaired) electrons. The van der Waals surface area contributed by atoms with E-state index in [2.05, 4.69) is 10.3 Å². The third kappa shape index (κ3) is 3.87. The number of carbonyl (C=O) groups is 1. The molecule has 0 saturated heterocycles. The first-order chi connectivity index (χ1) is 10.5. The van der Waals surface area contributed by atoms with Crippen LogP contribution in [0.25, 0.3) is 0 Å². The number of aryl methyl sites for hydroxylation is 1. The summed E-state index contributed by atoms with van der Waals surface area (Å²) in [6.07, 6.45) is 4.10. The van der Waals surface area contributed by atoms with E-state index < -0.39 is 0 Å². The molecule has 1 aromatic carbocycles. The molecule has 0 aliphatic rings. The van der Waals surface area contributed by atoms with Gasteiger partial charge in [-0.3, -0.25) is 4.79 Å². The van der Waals surface area contributed by atoms with Crippen molar-refractivity contribution in [2.75, 3.05) is 7.11 Å².